The predicted molar refractivity (Wildman–Crippen MR) is 107 cm³/mol. The highest BCUT2D eigenvalue weighted by Gasteiger charge is 2.15. The maximum atomic E-state index is 10.4. The number of furan rings is 1. The fourth-order valence-electron chi connectivity index (χ4n) is 2.78. The van der Waals surface area contributed by atoms with E-state index in [4.69, 9.17) is 32.4 Å². The lowest BCUT2D eigenvalue weighted by atomic mass is 10.2. The summed E-state index contributed by atoms with van der Waals surface area (Å²) in [5, 5.41) is 11.8. The molecule has 1 N–H and O–H groups in total. The molecule has 0 spiro atoms. The molecule has 0 amide bonds. The molecule has 0 saturated heterocycles. The summed E-state index contributed by atoms with van der Waals surface area (Å²) in [5.74, 6) is 1.51. The van der Waals surface area contributed by atoms with Gasteiger partial charge in [0.05, 0.1) is 12.8 Å². The van der Waals surface area contributed by atoms with Crippen molar-refractivity contribution in [1.82, 2.24) is 4.90 Å². The molecule has 1 heterocycles. The van der Waals surface area contributed by atoms with E-state index in [1.807, 2.05) is 36.4 Å². The first-order valence-corrected chi connectivity index (χ1v) is 9.40. The average molecular weight is 406 g/mol. The molecule has 0 bridgehead atoms. The number of aliphatic hydroxyl groups excluding tert-OH is 1. The van der Waals surface area contributed by atoms with E-state index in [9.17, 15) is 5.11 Å². The Hall–Kier alpha value is -1.98. The Kier molecular flexibility index (Phi) is 7.18. The first-order chi connectivity index (χ1) is 13.1. The van der Waals surface area contributed by atoms with Crippen molar-refractivity contribution in [2.75, 3.05) is 13.2 Å². The molecule has 0 saturated carbocycles. The maximum absolute atomic E-state index is 10.4. The minimum atomic E-state index is -0.658. The number of nitrogens with zero attached hydrogens (tertiary/aromatic N) is 1. The van der Waals surface area contributed by atoms with Crippen molar-refractivity contribution in [1.29, 1.82) is 0 Å². The van der Waals surface area contributed by atoms with Gasteiger partial charge in [0.2, 0.25) is 0 Å². The van der Waals surface area contributed by atoms with Gasteiger partial charge in [0.1, 0.15) is 24.2 Å². The second-order valence-corrected chi connectivity index (χ2v) is 7.17. The second-order valence-electron chi connectivity index (χ2n) is 6.30. The zero-order valence-corrected chi connectivity index (χ0v) is 16.2. The number of halogens is 2. The molecule has 2 aromatic carbocycles. The molecule has 1 unspecified atom stereocenters. The first-order valence-electron chi connectivity index (χ1n) is 8.64. The highest BCUT2D eigenvalue weighted by molar-refractivity contribution is 6.30. The minimum Gasteiger partial charge on any atom is -0.491 e. The van der Waals surface area contributed by atoms with Gasteiger partial charge in [0.15, 0.2) is 0 Å². The molecule has 0 fully saturated rings. The van der Waals surface area contributed by atoms with Crippen molar-refractivity contribution in [3.8, 4) is 5.75 Å². The Morgan fingerprint density at radius 3 is 2.48 bits per heavy atom. The summed E-state index contributed by atoms with van der Waals surface area (Å²) in [6.45, 7) is 1.84. The van der Waals surface area contributed by atoms with Gasteiger partial charge in [-0.1, -0.05) is 35.3 Å². The molecule has 0 radical (unpaired) electrons. The van der Waals surface area contributed by atoms with Crippen LogP contribution in [-0.2, 0) is 13.1 Å². The van der Waals surface area contributed by atoms with Crippen LogP contribution in [0.1, 0.15) is 11.3 Å². The fourth-order valence-corrected chi connectivity index (χ4v) is 3.11. The zero-order valence-electron chi connectivity index (χ0n) is 14.7. The van der Waals surface area contributed by atoms with Crippen LogP contribution in [0, 0.1) is 0 Å². The molecule has 1 aromatic heterocycles. The van der Waals surface area contributed by atoms with E-state index < -0.39 is 6.10 Å². The van der Waals surface area contributed by atoms with Crippen molar-refractivity contribution < 1.29 is 14.3 Å². The average Bonchev–Trinajstić information content (AvgIpc) is 3.14. The number of aliphatic hydroxyl groups is 1. The molecule has 142 valence electrons. The van der Waals surface area contributed by atoms with E-state index in [1.165, 1.54) is 0 Å². The van der Waals surface area contributed by atoms with E-state index in [0.29, 0.717) is 35.4 Å². The Morgan fingerprint density at radius 2 is 1.78 bits per heavy atom. The van der Waals surface area contributed by atoms with E-state index in [0.717, 1.165) is 11.3 Å². The van der Waals surface area contributed by atoms with Crippen LogP contribution < -0.4 is 4.74 Å². The van der Waals surface area contributed by atoms with Gasteiger partial charge < -0.3 is 14.3 Å². The molecule has 0 aliphatic heterocycles. The van der Waals surface area contributed by atoms with Crippen LogP contribution in [-0.4, -0.2) is 29.3 Å². The van der Waals surface area contributed by atoms with Gasteiger partial charge in [-0.3, -0.25) is 4.90 Å². The van der Waals surface area contributed by atoms with Crippen LogP contribution in [0.3, 0.4) is 0 Å². The standard InChI is InChI=1S/C21H21Cl2NO3/c22-17-6-8-20(9-7-17)27-15-19(25)13-24(14-21-5-2-10-26-21)12-16-3-1-4-18(23)11-16/h1-11,19,25H,12-15H2. The molecule has 3 aromatic rings. The van der Waals surface area contributed by atoms with Gasteiger partial charge in [-0.05, 0) is 54.1 Å². The SMILES string of the molecule is OC(COc1ccc(Cl)cc1)CN(Cc1cccc(Cl)c1)Cc1ccco1. The van der Waals surface area contributed by atoms with Crippen LogP contribution in [0.2, 0.25) is 10.0 Å². The number of benzene rings is 2. The first kappa shape index (κ1) is 19.8. The Labute approximate surface area is 168 Å². The lowest BCUT2D eigenvalue weighted by molar-refractivity contribution is 0.0605. The van der Waals surface area contributed by atoms with Gasteiger partial charge in [-0.25, -0.2) is 0 Å². The second kappa shape index (κ2) is 9.81. The lowest BCUT2D eigenvalue weighted by Gasteiger charge is -2.24. The summed E-state index contributed by atoms with van der Waals surface area (Å²) < 4.78 is 11.1. The van der Waals surface area contributed by atoms with Crippen molar-refractivity contribution in [3.63, 3.8) is 0 Å². The van der Waals surface area contributed by atoms with Crippen molar-refractivity contribution in [2.24, 2.45) is 0 Å². The third kappa shape index (κ3) is 6.60. The van der Waals surface area contributed by atoms with E-state index >= 15 is 0 Å². The van der Waals surface area contributed by atoms with Crippen molar-refractivity contribution in [2.45, 2.75) is 19.2 Å². The normalized spacial score (nSPS) is 12.3. The van der Waals surface area contributed by atoms with Gasteiger partial charge in [-0.2, -0.15) is 0 Å². The van der Waals surface area contributed by atoms with Crippen LogP contribution in [0.4, 0.5) is 0 Å². The summed E-state index contributed by atoms with van der Waals surface area (Å²) >= 11 is 12.0. The molecule has 6 heteroatoms. The maximum Gasteiger partial charge on any atom is 0.119 e. The monoisotopic (exact) mass is 405 g/mol. The molecular formula is C21H21Cl2NO3. The third-order valence-corrected chi connectivity index (χ3v) is 4.47. The number of rotatable bonds is 9. The summed E-state index contributed by atoms with van der Waals surface area (Å²) in [5.41, 5.74) is 1.07. The van der Waals surface area contributed by atoms with E-state index in [2.05, 4.69) is 4.90 Å². The molecule has 0 aliphatic carbocycles. The van der Waals surface area contributed by atoms with Gasteiger partial charge >= 0.3 is 0 Å². The van der Waals surface area contributed by atoms with Crippen LogP contribution in [0.5, 0.6) is 5.75 Å². The largest absolute Gasteiger partial charge is 0.491 e. The molecular weight excluding hydrogens is 385 g/mol. The third-order valence-electron chi connectivity index (χ3n) is 3.98. The molecule has 3 rings (SSSR count). The van der Waals surface area contributed by atoms with Gasteiger partial charge in [0, 0.05) is 23.1 Å². The smallest absolute Gasteiger partial charge is 0.119 e. The van der Waals surface area contributed by atoms with Gasteiger partial charge in [-0.15, -0.1) is 0 Å². The van der Waals surface area contributed by atoms with Gasteiger partial charge in [0.25, 0.3) is 0 Å². The molecule has 0 aliphatic rings. The Morgan fingerprint density at radius 1 is 0.963 bits per heavy atom. The van der Waals surface area contributed by atoms with Crippen LogP contribution >= 0.6 is 23.2 Å². The van der Waals surface area contributed by atoms with E-state index in [-0.39, 0.29) is 6.61 Å². The summed E-state index contributed by atoms with van der Waals surface area (Å²) in [7, 11) is 0. The summed E-state index contributed by atoms with van der Waals surface area (Å²) in [4.78, 5) is 2.10. The molecule has 1 atom stereocenters. The highest BCUT2D eigenvalue weighted by Crippen LogP contribution is 2.17. The van der Waals surface area contributed by atoms with E-state index in [1.54, 1.807) is 30.5 Å². The zero-order chi connectivity index (χ0) is 19.1. The predicted octanol–water partition coefficient (Wildman–Crippen LogP) is 5.03. The Balaban J connectivity index is 1.60. The highest BCUT2D eigenvalue weighted by atomic mass is 35.5. The molecule has 4 nitrogen and oxygen atoms in total. The Bertz CT molecular complexity index is 822. The lowest BCUT2D eigenvalue weighted by Crippen LogP contribution is -2.35. The number of hydrogen-bond donors (Lipinski definition) is 1. The molecule has 27 heavy (non-hydrogen) atoms. The summed E-state index contributed by atoms with van der Waals surface area (Å²) in [6, 6.07) is 18.5. The van der Waals surface area contributed by atoms with Crippen molar-refractivity contribution >= 4 is 23.2 Å². The van der Waals surface area contributed by atoms with Crippen LogP contribution in [0.25, 0.3) is 0 Å². The topological polar surface area (TPSA) is 45.8 Å². The summed E-state index contributed by atoms with van der Waals surface area (Å²) in [6.07, 6.45) is 0.988. The van der Waals surface area contributed by atoms with Crippen LogP contribution in [0.15, 0.2) is 71.3 Å². The minimum absolute atomic E-state index is 0.186. The number of hydrogen-bond acceptors (Lipinski definition) is 4. The van der Waals surface area contributed by atoms with Crippen molar-refractivity contribution in [3.05, 3.63) is 88.3 Å². The number of ether oxygens (including phenoxy) is 1. The fraction of sp³-hybridized carbons (Fsp3) is 0.238. The quantitative estimate of drug-likeness (QED) is 0.542.